The van der Waals surface area contributed by atoms with Gasteiger partial charge >= 0.3 is 0 Å². The highest BCUT2D eigenvalue weighted by Crippen LogP contribution is 2.36. The SMILES string of the molecule is CC(C)/N=C1\C2CCCCCCCC2CCN1C(C)C. The number of likely N-dealkylation sites (tertiary alicyclic amines) is 1. The van der Waals surface area contributed by atoms with Gasteiger partial charge in [0.05, 0.1) is 0 Å². The van der Waals surface area contributed by atoms with Crippen molar-refractivity contribution >= 4 is 5.84 Å². The molecule has 2 fully saturated rings. The van der Waals surface area contributed by atoms with Gasteiger partial charge in [0.25, 0.3) is 0 Å². The topological polar surface area (TPSA) is 15.6 Å². The fourth-order valence-electron chi connectivity index (χ4n) is 4.01. The highest BCUT2D eigenvalue weighted by Gasteiger charge is 2.35. The predicted molar refractivity (Wildman–Crippen MR) is 88.3 cm³/mol. The number of hydrogen-bond acceptors (Lipinski definition) is 1. The summed E-state index contributed by atoms with van der Waals surface area (Å²) < 4.78 is 0. The summed E-state index contributed by atoms with van der Waals surface area (Å²) >= 11 is 0. The van der Waals surface area contributed by atoms with Gasteiger partial charge in [0.15, 0.2) is 0 Å². The lowest BCUT2D eigenvalue weighted by Gasteiger charge is -2.43. The molecule has 0 radical (unpaired) electrons. The van der Waals surface area contributed by atoms with E-state index in [1.165, 1.54) is 63.7 Å². The molecule has 1 heterocycles. The third-order valence-electron chi connectivity index (χ3n) is 5.04. The summed E-state index contributed by atoms with van der Waals surface area (Å²) in [6, 6.07) is 1.03. The quantitative estimate of drug-likeness (QED) is 0.702. The average molecular weight is 278 g/mol. The number of rotatable bonds is 2. The molecular weight excluding hydrogens is 244 g/mol. The van der Waals surface area contributed by atoms with E-state index in [-0.39, 0.29) is 0 Å². The molecule has 2 atom stereocenters. The maximum absolute atomic E-state index is 5.07. The van der Waals surface area contributed by atoms with Gasteiger partial charge in [-0.05, 0) is 52.9 Å². The van der Waals surface area contributed by atoms with Crippen LogP contribution in [0.25, 0.3) is 0 Å². The van der Waals surface area contributed by atoms with E-state index in [4.69, 9.17) is 4.99 Å². The van der Waals surface area contributed by atoms with Crippen molar-refractivity contribution in [2.75, 3.05) is 6.54 Å². The first-order valence-electron chi connectivity index (χ1n) is 8.94. The molecule has 0 aromatic carbocycles. The number of aliphatic imine (C=N–C) groups is 1. The van der Waals surface area contributed by atoms with E-state index >= 15 is 0 Å². The van der Waals surface area contributed by atoms with Crippen molar-refractivity contribution in [2.24, 2.45) is 16.8 Å². The van der Waals surface area contributed by atoms with E-state index < -0.39 is 0 Å². The van der Waals surface area contributed by atoms with Crippen molar-refractivity contribution in [3.8, 4) is 0 Å². The largest absolute Gasteiger partial charge is 0.358 e. The van der Waals surface area contributed by atoms with Crippen LogP contribution in [0.5, 0.6) is 0 Å². The molecule has 0 N–H and O–H groups in total. The Bertz CT molecular complexity index is 319. The van der Waals surface area contributed by atoms with E-state index in [0.29, 0.717) is 12.1 Å². The van der Waals surface area contributed by atoms with Crippen LogP contribution >= 0.6 is 0 Å². The van der Waals surface area contributed by atoms with Crippen LogP contribution in [0.4, 0.5) is 0 Å². The fourth-order valence-corrected chi connectivity index (χ4v) is 4.01. The molecule has 1 saturated carbocycles. The van der Waals surface area contributed by atoms with Gasteiger partial charge in [-0.1, -0.05) is 32.1 Å². The second-order valence-corrected chi connectivity index (χ2v) is 7.37. The summed E-state index contributed by atoms with van der Waals surface area (Å²) in [4.78, 5) is 7.67. The Kier molecular flexibility index (Phi) is 5.92. The summed E-state index contributed by atoms with van der Waals surface area (Å²) in [5, 5.41) is 0. The highest BCUT2D eigenvalue weighted by molar-refractivity contribution is 5.86. The zero-order chi connectivity index (χ0) is 14.5. The number of hydrogen-bond donors (Lipinski definition) is 0. The zero-order valence-electron chi connectivity index (χ0n) is 14.1. The Hall–Kier alpha value is -0.530. The second-order valence-electron chi connectivity index (χ2n) is 7.37. The minimum absolute atomic E-state index is 0.428. The van der Waals surface area contributed by atoms with Crippen LogP contribution in [0.2, 0.25) is 0 Å². The van der Waals surface area contributed by atoms with Crippen molar-refractivity contribution in [3.05, 3.63) is 0 Å². The normalized spacial score (nSPS) is 31.1. The number of nitrogens with zero attached hydrogens (tertiary/aromatic N) is 2. The number of piperidine rings is 1. The highest BCUT2D eigenvalue weighted by atomic mass is 15.2. The molecule has 2 nitrogen and oxygen atoms in total. The monoisotopic (exact) mass is 278 g/mol. The molecule has 0 spiro atoms. The van der Waals surface area contributed by atoms with Gasteiger partial charge in [-0.2, -0.15) is 0 Å². The molecule has 2 aliphatic rings. The molecule has 0 aromatic heterocycles. The van der Waals surface area contributed by atoms with Gasteiger partial charge in [-0.3, -0.25) is 4.99 Å². The molecule has 0 amide bonds. The number of amidine groups is 1. The van der Waals surface area contributed by atoms with Crippen molar-refractivity contribution in [3.63, 3.8) is 0 Å². The summed E-state index contributed by atoms with van der Waals surface area (Å²) in [6.45, 7) is 10.3. The maximum Gasteiger partial charge on any atom is 0.103 e. The van der Waals surface area contributed by atoms with E-state index in [1.807, 2.05) is 0 Å². The van der Waals surface area contributed by atoms with Gasteiger partial charge in [-0.25, -0.2) is 0 Å². The minimum atomic E-state index is 0.428. The van der Waals surface area contributed by atoms with Crippen LogP contribution in [0, 0.1) is 11.8 Å². The molecule has 0 aromatic rings. The third kappa shape index (κ3) is 3.99. The Morgan fingerprint density at radius 3 is 2.20 bits per heavy atom. The first-order chi connectivity index (χ1) is 9.59. The first-order valence-corrected chi connectivity index (χ1v) is 8.94. The Morgan fingerprint density at radius 2 is 1.55 bits per heavy atom. The lowest BCUT2D eigenvalue weighted by Crippen LogP contribution is -2.49. The van der Waals surface area contributed by atoms with E-state index in [1.54, 1.807) is 0 Å². The zero-order valence-corrected chi connectivity index (χ0v) is 14.1. The number of fused-ring (bicyclic) bond motifs is 1. The maximum atomic E-state index is 5.07. The molecule has 116 valence electrons. The Balaban J connectivity index is 2.21. The second kappa shape index (κ2) is 7.47. The van der Waals surface area contributed by atoms with Gasteiger partial charge in [0, 0.05) is 24.5 Å². The van der Waals surface area contributed by atoms with Crippen molar-refractivity contribution in [2.45, 2.75) is 91.1 Å². The third-order valence-corrected chi connectivity index (χ3v) is 5.04. The van der Waals surface area contributed by atoms with Gasteiger partial charge in [0.2, 0.25) is 0 Å². The Labute approximate surface area is 126 Å². The molecule has 1 aliphatic heterocycles. The predicted octanol–water partition coefficient (Wildman–Crippen LogP) is 4.88. The van der Waals surface area contributed by atoms with Crippen LogP contribution in [0.15, 0.2) is 4.99 Å². The summed E-state index contributed by atoms with van der Waals surface area (Å²) in [5.74, 6) is 3.10. The summed E-state index contributed by atoms with van der Waals surface area (Å²) in [7, 11) is 0. The van der Waals surface area contributed by atoms with E-state index in [2.05, 4.69) is 32.6 Å². The molecule has 0 bridgehead atoms. The first kappa shape index (κ1) is 15.9. The summed E-state index contributed by atoms with van der Waals surface area (Å²) in [5.41, 5.74) is 0. The van der Waals surface area contributed by atoms with Crippen LogP contribution in [0.3, 0.4) is 0 Å². The molecule has 2 heteroatoms. The van der Waals surface area contributed by atoms with Crippen molar-refractivity contribution in [1.29, 1.82) is 0 Å². The van der Waals surface area contributed by atoms with Crippen LogP contribution in [-0.4, -0.2) is 29.4 Å². The van der Waals surface area contributed by atoms with E-state index in [9.17, 15) is 0 Å². The van der Waals surface area contributed by atoms with Crippen molar-refractivity contribution in [1.82, 2.24) is 4.90 Å². The lowest BCUT2D eigenvalue weighted by atomic mass is 9.78. The Morgan fingerprint density at radius 1 is 0.900 bits per heavy atom. The van der Waals surface area contributed by atoms with Crippen LogP contribution < -0.4 is 0 Å². The molecule has 2 rings (SSSR count). The molecule has 20 heavy (non-hydrogen) atoms. The van der Waals surface area contributed by atoms with Crippen LogP contribution in [0.1, 0.15) is 79.1 Å². The van der Waals surface area contributed by atoms with Gasteiger partial charge in [0.1, 0.15) is 5.84 Å². The molecule has 1 aliphatic carbocycles. The summed E-state index contributed by atoms with van der Waals surface area (Å²) in [6.07, 6.45) is 11.4. The van der Waals surface area contributed by atoms with E-state index in [0.717, 1.165) is 11.8 Å². The smallest absolute Gasteiger partial charge is 0.103 e. The molecular formula is C18H34N2. The van der Waals surface area contributed by atoms with Gasteiger partial charge < -0.3 is 4.90 Å². The molecule has 1 saturated heterocycles. The molecule has 2 unspecified atom stereocenters. The van der Waals surface area contributed by atoms with Crippen LogP contribution in [-0.2, 0) is 0 Å². The fraction of sp³-hybridized carbons (Fsp3) is 0.944. The average Bonchev–Trinajstić information content (AvgIpc) is 2.49. The van der Waals surface area contributed by atoms with Crippen molar-refractivity contribution < 1.29 is 0 Å². The standard InChI is InChI=1S/C18H34N2/c1-14(2)19-18-17-11-9-7-5-6-8-10-16(17)12-13-20(18)15(3)4/h14-17H,5-13H2,1-4H3/b19-18+. The lowest BCUT2D eigenvalue weighted by molar-refractivity contribution is 0.207. The minimum Gasteiger partial charge on any atom is -0.358 e. The van der Waals surface area contributed by atoms with Gasteiger partial charge in [-0.15, -0.1) is 0 Å².